The Morgan fingerprint density at radius 1 is 1.25 bits per heavy atom. The molecule has 1 unspecified atom stereocenters. The highest BCUT2D eigenvalue weighted by Gasteiger charge is 2.27. The first kappa shape index (κ1) is 22.2. The molecule has 152 valence electrons. The number of carbonyl (C=O) groups excluding carboxylic acids is 1. The third-order valence-corrected chi connectivity index (χ3v) is 4.82. The van der Waals surface area contributed by atoms with Gasteiger partial charge in [-0.3, -0.25) is 4.79 Å². The number of nitrogens with zero attached hydrogens (tertiary/aromatic N) is 1. The lowest BCUT2D eigenvalue weighted by Gasteiger charge is -2.36. The number of halogens is 2. The number of ether oxygens (including phenoxy) is 1. The number of piperazine rings is 1. The van der Waals surface area contributed by atoms with Gasteiger partial charge in [-0.25, -0.2) is 4.39 Å². The summed E-state index contributed by atoms with van der Waals surface area (Å²) in [6.45, 7) is 4.85. The van der Waals surface area contributed by atoms with E-state index >= 15 is 0 Å². The molecule has 2 aromatic carbocycles. The summed E-state index contributed by atoms with van der Waals surface area (Å²) in [7, 11) is 0. The molecule has 1 aliphatic heterocycles. The molecule has 3 rings (SSSR count). The zero-order chi connectivity index (χ0) is 19.1. The Bertz CT molecular complexity index is 754. The highest BCUT2D eigenvalue weighted by Crippen LogP contribution is 2.24. The van der Waals surface area contributed by atoms with Crippen molar-refractivity contribution >= 4 is 18.3 Å². The van der Waals surface area contributed by atoms with Crippen molar-refractivity contribution in [3.63, 3.8) is 0 Å². The molecule has 1 saturated heterocycles. The minimum absolute atomic E-state index is 0. The monoisotopic (exact) mass is 406 g/mol. The van der Waals surface area contributed by atoms with Crippen LogP contribution in [0.5, 0.6) is 5.75 Å². The van der Waals surface area contributed by atoms with Gasteiger partial charge in [0.25, 0.3) is 0 Å². The molecule has 1 heterocycles. The van der Waals surface area contributed by atoms with Crippen molar-refractivity contribution in [2.75, 3.05) is 26.2 Å². The maximum Gasteiger partial charge on any atom is 0.223 e. The van der Waals surface area contributed by atoms with Crippen molar-refractivity contribution in [1.29, 1.82) is 0 Å². The van der Waals surface area contributed by atoms with Gasteiger partial charge in [0.1, 0.15) is 11.6 Å². The molecule has 1 aliphatic rings. The van der Waals surface area contributed by atoms with Crippen molar-refractivity contribution in [2.45, 2.75) is 32.2 Å². The second-order valence-electron chi connectivity index (χ2n) is 6.85. The molecule has 0 radical (unpaired) electrons. The topological polar surface area (TPSA) is 41.6 Å². The third kappa shape index (κ3) is 5.94. The van der Waals surface area contributed by atoms with E-state index in [1.165, 1.54) is 12.1 Å². The van der Waals surface area contributed by atoms with E-state index in [2.05, 4.69) is 12.2 Å². The quantitative estimate of drug-likeness (QED) is 0.751. The van der Waals surface area contributed by atoms with Crippen molar-refractivity contribution in [3.05, 3.63) is 65.5 Å². The number of carbonyl (C=O) groups is 1. The number of amides is 1. The summed E-state index contributed by atoms with van der Waals surface area (Å²) in [4.78, 5) is 14.7. The summed E-state index contributed by atoms with van der Waals surface area (Å²) in [5, 5.41) is 3.30. The molecular weight excluding hydrogens is 379 g/mol. The Morgan fingerprint density at radius 2 is 2.04 bits per heavy atom. The first-order valence-electron chi connectivity index (χ1n) is 9.64. The van der Waals surface area contributed by atoms with Gasteiger partial charge in [-0.05, 0) is 48.2 Å². The lowest BCUT2D eigenvalue weighted by Crippen LogP contribution is -2.48. The Balaban J connectivity index is 0.00000280. The van der Waals surface area contributed by atoms with E-state index < -0.39 is 0 Å². The van der Waals surface area contributed by atoms with Gasteiger partial charge in [0.2, 0.25) is 5.91 Å². The first-order chi connectivity index (χ1) is 13.2. The van der Waals surface area contributed by atoms with E-state index in [0.29, 0.717) is 32.5 Å². The van der Waals surface area contributed by atoms with Crippen LogP contribution in [-0.2, 0) is 11.2 Å². The number of rotatable bonds is 7. The van der Waals surface area contributed by atoms with Crippen LogP contribution in [0.1, 0.15) is 36.9 Å². The van der Waals surface area contributed by atoms with Crippen molar-refractivity contribution in [2.24, 2.45) is 0 Å². The van der Waals surface area contributed by atoms with Crippen LogP contribution in [-0.4, -0.2) is 37.0 Å². The van der Waals surface area contributed by atoms with Crippen LogP contribution in [0, 0.1) is 5.82 Å². The number of benzene rings is 2. The number of hydrogen-bond acceptors (Lipinski definition) is 3. The van der Waals surface area contributed by atoms with E-state index in [1.807, 2.05) is 35.2 Å². The number of hydrogen-bond donors (Lipinski definition) is 1. The molecule has 1 fully saturated rings. The molecule has 1 N–H and O–H groups in total. The summed E-state index contributed by atoms with van der Waals surface area (Å²) in [5.41, 5.74) is 1.96. The van der Waals surface area contributed by atoms with Crippen molar-refractivity contribution in [1.82, 2.24) is 10.2 Å². The van der Waals surface area contributed by atoms with Crippen LogP contribution < -0.4 is 10.1 Å². The van der Waals surface area contributed by atoms with E-state index in [9.17, 15) is 9.18 Å². The minimum Gasteiger partial charge on any atom is -0.494 e. The average molecular weight is 407 g/mol. The van der Waals surface area contributed by atoms with Crippen molar-refractivity contribution in [3.8, 4) is 5.75 Å². The molecule has 0 bridgehead atoms. The highest BCUT2D eigenvalue weighted by atomic mass is 35.5. The predicted octanol–water partition coefficient (Wildman–Crippen LogP) is 4.14. The summed E-state index contributed by atoms with van der Waals surface area (Å²) in [6.07, 6.45) is 2.11. The molecule has 0 spiro atoms. The Labute approximate surface area is 172 Å². The van der Waals surface area contributed by atoms with Gasteiger partial charge in [-0.15, -0.1) is 12.4 Å². The second-order valence-corrected chi connectivity index (χ2v) is 6.85. The molecule has 0 aromatic heterocycles. The standard InChI is InChI=1S/C22H27FN2O2.ClH/c1-2-14-27-20-9-6-17(7-10-20)8-11-22(26)25-13-12-24-16-21(25)18-4-3-5-19(23)15-18;/h3-7,9-10,15,21,24H,2,8,11-14,16H2,1H3;1H. The van der Waals surface area contributed by atoms with Gasteiger partial charge in [0.15, 0.2) is 0 Å². The highest BCUT2D eigenvalue weighted by molar-refractivity contribution is 5.85. The largest absolute Gasteiger partial charge is 0.494 e. The van der Waals surface area contributed by atoms with E-state index in [-0.39, 0.29) is 30.2 Å². The maximum absolute atomic E-state index is 13.6. The van der Waals surface area contributed by atoms with Crippen LogP contribution in [0.25, 0.3) is 0 Å². The molecule has 1 amide bonds. The van der Waals surface area contributed by atoms with Crippen LogP contribution in [0.3, 0.4) is 0 Å². The van der Waals surface area contributed by atoms with Gasteiger partial charge < -0.3 is 15.0 Å². The van der Waals surface area contributed by atoms with E-state index in [4.69, 9.17) is 4.74 Å². The Kier molecular flexibility index (Phi) is 8.74. The molecule has 6 heteroatoms. The summed E-state index contributed by atoms with van der Waals surface area (Å²) >= 11 is 0. The fourth-order valence-corrected chi connectivity index (χ4v) is 3.38. The molecule has 4 nitrogen and oxygen atoms in total. The smallest absolute Gasteiger partial charge is 0.223 e. The lowest BCUT2D eigenvalue weighted by atomic mass is 10.0. The second kappa shape index (κ2) is 11.0. The molecular formula is C22H28ClFN2O2. The van der Waals surface area contributed by atoms with E-state index in [0.717, 1.165) is 29.8 Å². The van der Waals surface area contributed by atoms with Gasteiger partial charge in [-0.1, -0.05) is 31.2 Å². The Hall–Kier alpha value is -2.11. The molecule has 2 aromatic rings. The first-order valence-corrected chi connectivity index (χ1v) is 9.64. The van der Waals surface area contributed by atoms with Gasteiger partial charge in [0, 0.05) is 26.1 Å². The Morgan fingerprint density at radius 3 is 2.75 bits per heavy atom. The van der Waals surface area contributed by atoms with E-state index in [1.54, 1.807) is 6.07 Å². The van der Waals surface area contributed by atoms with Crippen molar-refractivity contribution < 1.29 is 13.9 Å². The number of nitrogens with one attached hydrogen (secondary N) is 1. The molecule has 0 saturated carbocycles. The fraction of sp³-hybridized carbons (Fsp3) is 0.409. The summed E-state index contributed by atoms with van der Waals surface area (Å²) in [5.74, 6) is 0.702. The van der Waals surface area contributed by atoms with Crippen LogP contribution in [0.15, 0.2) is 48.5 Å². The molecule has 0 aliphatic carbocycles. The normalized spacial score (nSPS) is 16.4. The maximum atomic E-state index is 13.6. The predicted molar refractivity (Wildman–Crippen MR) is 112 cm³/mol. The lowest BCUT2D eigenvalue weighted by molar-refractivity contribution is -0.134. The van der Waals surface area contributed by atoms with Gasteiger partial charge in [-0.2, -0.15) is 0 Å². The minimum atomic E-state index is -0.268. The SMILES string of the molecule is CCCOc1ccc(CCC(=O)N2CCNCC2c2cccc(F)c2)cc1.Cl. The van der Waals surface area contributed by atoms with Crippen LogP contribution >= 0.6 is 12.4 Å². The summed E-state index contributed by atoms with van der Waals surface area (Å²) in [6, 6.07) is 14.4. The average Bonchev–Trinajstić information content (AvgIpc) is 2.71. The fourth-order valence-electron chi connectivity index (χ4n) is 3.38. The van der Waals surface area contributed by atoms with Crippen LogP contribution in [0.2, 0.25) is 0 Å². The zero-order valence-corrected chi connectivity index (χ0v) is 17.0. The molecule has 28 heavy (non-hydrogen) atoms. The number of aryl methyl sites for hydroxylation is 1. The molecule has 1 atom stereocenters. The van der Waals surface area contributed by atoms with Crippen LogP contribution in [0.4, 0.5) is 4.39 Å². The summed E-state index contributed by atoms with van der Waals surface area (Å²) < 4.78 is 19.2. The third-order valence-electron chi connectivity index (χ3n) is 4.82. The van der Waals surface area contributed by atoms with Gasteiger partial charge >= 0.3 is 0 Å². The van der Waals surface area contributed by atoms with Gasteiger partial charge in [0.05, 0.1) is 12.6 Å². The zero-order valence-electron chi connectivity index (χ0n) is 16.2.